The van der Waals surface area contributed by atoms with Gasteiger partial charge in [-0.25, -0.2) is 0 Å². The van der Waals surface area contributed by atoms with E-state index in [2.05, 4.69) is 31.5 Å². The minimum Gasteiger partial charge on any atom is -0.349 e. The molecule has 1 amide bonds. The Bertz CT molecular complexity index is 517. The van der Waals surface area contributed by atoms with Crippen LogP contribution in [0.3, 0.4) is 0 Å². The molecule has 0 aromatic carbocycles. The van der Waals surface area contributed by atoms with E-state index >= 15 is 0 Å². The van der Waals surface area contributed by atoms with E-state index in [0.717, 1.165) is 37.2 Å². The minimum absolute atomic E-state index is 0.166. The lowest BCUT2D eigenvalue weighted by Gasteiger charge is -2.20. The Balaban J connectivity index is 1.69. The summed E-state index contributed by atoms with van der Waals surface area (Å²) in [5.41, 5.74) is 2.69. The maximum atomic E-state index is 12.5. The standard InChI is InChI=1S/C17H25NOS/c1-11-4-5-13-14(10-20-15(13)8-11)16(19)18-12-6-7-17(2,3)9-12/h10-12H,4-9H2,1-3H3,(H,18,19). The van der Waals surface area contributed by atoms with Gasteiger partial charge in [0.15, 0.2) is 0 Å². The van der Waals surface area contributed by atoms with Gasteiger partial charge in [0.05, 0.1) is 5.56 Å². The molecule has 2 aliphatic rings. The highest BCUT2D eigenvalue weighted by molar-refractivity contribution is 7.10. The lowest BCUT2D eigenvalue weighted by molar-refractivity contribution is 0.0935. The van der Waals surface area contributed by atoms with Gasteiger partial charge in [0.2, 0.25) is 0 Å². The summed E-state index contributed by atoms with van der Waals surface area (Å²) in [6.45, 7) is 6.91. The smallest absolute Gasteiger partial charge is 0.252 e. The average Bonchev–Trinajstić information content (AvgIpc) is 2.92. The van der Waals surface area contributed by atoms with E-state index in [1.54, 1.807) is 11.3 Å². The molecule has 2 nitrogen and oxygen atoms in total. The molecule has 0 radical (unpaired) electrons. The van der Waals surface area contributed by atoms with Crippen LogP contribution in [-0.4, -0.2) is 11.9 Å². The summed E-state index contributed by atoms with van der Waals surface area (Å²) in [6, 6.07) is 0.371. The van der Waals surface area contributed by atoms with Crippen molar-refractivity contribution in [2.75, 3.05) is 0 Å². The van der Waals surface area contributed by atoms with Gasteiger partial charge >= 0.3 is 0 Å². The van der Waals surface area contributed by atoms with Gasteiger partial charge in [-0.15, -0.1) is 11.3 Å². The summed E-state index contributed by atoms with van der Waals surface area (Å²) in [5, 5.41) is 5.35. The molecular formula is C17H25NOS. The molecule has 0 bridgehead atoms. The fraction of sp³-hybridized carbons (Fsp3) is 0.706. The Labute approximate surface area is 126 Å². The van der Waals surface area contributed by atoms with Crippen LogP contribution in [0.1, 0.15) is 67.3 Å². The van der Waals surface area contributed by atoms with Crippen LogP contribution >= 0.6 is 11.3 Å². The van der Waals surface area contributed by atoms with Gasteiger partial charge in [-0.2, -0.15) is 0 Å². The molecule has 0 spiro atoms. The van der Waals surface area contributed by atoms with E-state index in [1.165, 1.54) is 23.3 Å². The summed E-state index contributed by atoms with van der Waals surface area (Å²) in [4.78, 5) is 14.0. The SMILES string of the molecule is CC1CCc2c(C(=O)NC3CCC(C)(C)C3)csc2C1. The van der Waals surface area contributed by atoms with Crippen molar-refractivity contribution in [2.24, 2.45) is 11.3 Å². The fourth-order valence-corrected chi connectivity index (χ4v) is 4.93. The molecule has 1 heterocycles. The average molecular weight is 291 g/mol. The normalized spacial score (nSPS) is 28.1. The molecule has 3 rings (SSSR count). The van der Waals surface area contributed by atoms with Gasteiger partial charge in [-0.05, 0) is 55.4 Å². The number of hydrogen-bond acceptors (Lipinski definition) is 2. The molecule has 2 atom stereocenters. The van der Waals surface area contributed by atoms with Gasteiger partial charge in [-0.1, -0.05) is 20.8 Å². The fourth-order valence-electron chi connectivity index (χ4n) is 3.69. The predicted molar refractivity (Wildman–Crippen MR) is 84.4 cm³/mol. The van der Waals surface area contributed by atoms with Crippen LogP contribution < -0.4 is 5.32 Å². The quantitative estimate of drug-likeness (QED) is 0.870. The summed E-state index contributed by atoms with van der Waals surface area (Å²) < 4.78 is 0. The van der Waals surface area contributed by atoms with E-state index in [9.17, 15) is 4.79 Å². The van der Waals surface area contributed by atoms with Crippen molar-refractivity contribution in [1.82, 2.24) is 5.32 Å². The van der Waals surface area contributed by atoms with Gasteiger partial charge in [0.1, 0.15) is 0 Å². The molecule has 1 N–H and O–H groups in total. The highest BCUT2D eigenvalue weighted by Gasteiger charge is 2.32. The topological polar surface area (TPSA) is 29.1 Å². The third-order valence-electron chi connectivity index (χ3n) is 4.95. The van der Waals surface area contributed by atoms with E-state index in [-0.39, 0.29) is 5.91 Å². The Kier molecular flexibility index (Phi) is 3.65. The molecule has 0 aliphatic heterocycles. The van der Waals surface area contributed by atoms with Gasteiger partial charge in [0, 0.05) is 16.3 Å². The largest absolute Gasteiger partial charge is 0.349 e. The van der Waals surface area contributed by atoms with Crippen LogP contribution in [0.2, 0.25) is 0 Å². The maximum absolute atomic E-state index is 12.5. The molecule has 1 saturated carbocycles. The van der Waals surface area contributed by atoms with Crippen LogP contribution in [-0.2, 0) is 12.8 Å². The Morgan fingerprint density at radius 1 is 1.40 bits per heavy atom. The van der Waals surface area contributed by atoms with E-state index in [0.29, 0.717) is 11.5 Å². The lowest BCUT2D eigenvalue weighted by Crippen LogP contribution is -2.34. The van der Waals surface area contributed by atoms with Crippen molar-refractivity contribution in [3.63, 3.8) is 0 Å². The second-order valence-corrected chi connectivity index (χ2v) is 8.44. The molecule has 2 aliphatic carbocycles. The Morgan fingerprint density at radius 3 is 2.90 bits per heavy atom. The highest BCUT2D eigenvalue weighted by atomic mass is 32.1. The van der Waals surface area contributed by atoms with Gasteiger partial charge in [0.25, 0.3) is 5.91 Å². The second kappa shape index (κ2) is 5.18. The second-order valence-electron chi connectivity index (χ2n) is 7.48. The first-order chi connectivity index (χ1) is 9.44. The summed E-state index contributed by atoms with van der Waals surface area (Å²) in [7, 11) is 0. The molecule has 1 fully saturated rings. The van der Waals surface area contributed by atoms with Crippen LogP contribution in [0.5, 0.6) is 0 Å². The van der Waals surface area contributed by atoms with Crippen molar-refractivity contribution in [2.45, 2.75) is 65.3 Å². The maximum Gasteiger partial charge on any atom is 0.252 e. The molecule has 20 heavy (non-hydrogen) atoms. The molecular weight excluding hydrogens is 266 g/mol. The zero-order valence-corrected chi connectivity index (χ0v) is 13.6. The zero-order valence-electron chi connectivity index (χ0n) is 12.8. The first-order valence-electron chi connectivity index (χ1n) is 7.85. The number of hydrogen-bond donors (Lipinski definition) is 1. The monoisotopic (exact) mass is 291 g/mol. The molecule has 110 valence electrons. The predicted octanol–water partition coefficient (Wildman–Crippen LogP) is 4.18. The number of carbonyl (C=O) groups is 1. The van der Waals surface area contributed by atoms with Crippen molar-refractivity contribution in [1.29, 1.82) is 0 Å². The first-order valence-corrected chi connectivity index (χ1v) is 8.73. The minimum atomic E-state index is 0.166. The third-order valence-corrected chi connectivity index (χ3v) is 6.00. The number of rotatable bonds is 2. The van der Waals surface area contributed by atoms with Gasteiger partial charge < -0.3 is 5.32 Å². The van der Waals surface area contributed by atoms with Crippen LogP contribution in [0.4, 0.5) is 0 Å². The summed E-state index contributed by atoms with van der Waals surface area (Å²) in [5.74, 6) is 0.937. The third kappa shape index (κ3) is 2.78. The zero-order chi connectivity index (χ0) is 14.3. The van der Waals surface area contributed by atoms with Crippen molar-refractivity contribution in [3.8, 4) is 0 Å². The number of thiophene rings is 1. The van der Waals surface area contributed by atoms with E-state index in [1.807, 2.05) is 0 Å². The van der Waals surface area contributed by atoms with Crippen LogP contribution in [0.25, 0.3) is 0 Å². The van der Waals surface area contributed by atoms with Crippen molar-refractivity contribution >= 4 is 17.2 Å². The number of nitrogens with one attached hydrogen (secondary N) is 1. The molecule has 0 saturated heterocycles. The Morgan fingerprint density at radius 2 is 2.20 bits per heavy atom. The number of carbonyl (C=O) groups excluding carboxylic acids is 1. The first kappa shape index (κ1) is 14.1. The molecule has 3 heteroatoms. The van der Waals surface area contributed by atoms with Crippen LogP contribution in [0.15, 0.2) is 5.38 Å². The van der Waals surface area contributed by atoms with Gasteiger partial charge in [-0.3, -0.25) is 4.79 Å². The van der Waals surface area contributed by atoms with Crippen molar-refractivity contribution < 1.29 is 4.79 Å². The van der Waals surface area contributed by atoms with Crippen molar-refractivity contribution in [3.05, 3.63) is 21.4 Å². The highest BCUT2D eigenvalue weighted by Crippen LogP contribution is 2.37. The number of amides is 1. The lowest BCUT2D eigenvalue weighted by atomic mass is 9.88. The van der Waals surface area contributed by atoms with Crippen LogP contribution in [0, 0.1) is 11.3 Å². The summed E-state index contributed by atoms with van der Waals surface area (Å²) >= 11 is 1.78. The number of fused-ring (bicyclic) bond motifs is 1. The van der Waals surface area contributed by atoms with E-state index < -0.39 is 0 Å². The molecule has 1 aromatic heterocycles. The molecule has 2 unspecified atom stereocenters. The summed E-state index contributed by atoms with van der Waals surface area (Å²) in [6.07, 6.45) is 6.92. The Hall–Kier alpha value is -0.830. The van der Waals surface area contributed by atoms with E-state index in [4.69, 9.17) is 0 Å². The molecule has 1 aromatic rings.